The SMILES string of the molecule is COc1ccc(-c2cn3c(n2)sc2cc(Br)ccc23)cc1. The van der Waals surface area contributed by atoms with Crippen LogP contribution in [0.2, 0.25) is 0 Å². The van der Waals surface area contributed by atoms with Crippen LogP contribution in [0.3, 0.4) is 0 Å². The summed E-state index contributed by atoms with van der Waals surface area (Å²) in [5.74, 6) is 0.857. The number of halogens is 1. The Labute approximate surface area is 133 Å². The number of rotatable bonds is 2. The highest BCUT2D eigenvalue weighted by atomic mass is 79.9. The van der Waals surface area contributed by atoms with Gasteiger partial charge in [-0.1, -0.05) is 27.3 Å². The minimum Gasteiger partial charge on any atom is -0.497 e. The summed E-state index contributed by atoms with van der Waals surface area (Å²) in [6.07, 6.45) is 2.09. The van der Waals surface area contributed by atoms with Gasteiger partial charge in [0.15, 0.2) is 4.96 Å². The lowest BCUT2D eigenvalue weighted by Crippen LogP contribution is -1.82. The monoisotopic (exact) mass is 358 g/mol. The Bertz CT molecular complexity index is 940. The summed E-state index contributed by atoms with van der Waals surface area (Å²) < 4.78 is 9.66. The molecule has 2 aromatic heterocycles. The Hall–Kier alpha value is -1.85. The molecule has 0 bridgehead atoms. The van der Waals surface area contributed by atoms with E-state index in [0.29, 0.717) is 0 Å². The van der Waals surface area contributed by atoms with Gasteiger partial charge in [0, 0.05) is 16.2 Å². The smallest absolute Gasteiger partial charge is 0.195 e. The summed E-state index contributed by atoms with van der Waals surface area (Å²) in [6, 6.07) is 14.3. The molecule has 0 amide bonds. The molecule has 0 atom stereocenters. The fraction of sp³-hybridized carbons (Fsp3) is 0.0625. The zero-order chi connectivity index (χ0) is 14.4. The minimum atomic E-state index is 0.857. The van der Waals surface area contributed by atoms with Crippen molar-refractivity contribution in [1.82, 2.24) is 9.38 Å². The summed E-state index contributed by atoms with van der Waals surface area (Å²) in [4.78, 5) is 5.74. The van der Waals surface area contributed by atoms with Crippen molar-refractivity contribution in [3.8, 4) is 17.0 Å². The van der Waals surface area contributed by atoms with Crippen molar-refractivity contribution in [1.29, 1.82) is 0 Å². The van der Waals surface area contributed by atoms with Crippen molar-refractivity contribution < 1.29 is 4.74 Å². The van der Waals surface area contributed by atoms with Gasteiger partial charge < -0.3 is 4.74 Å². The predicted molar refractivity (Wildman–Crippen MR) is 90.3 cm³/mol. The van der Waals surface area contributed by atoms with Crippen LogP contribution in [0, 0.1) is 0 Å². The molecule has 0 saturated carbocycles. The first-order valence-corrected chi connectivity index (χ1v) is 8.07. The molecule has 21 heavy (non-hydrogen) atoms. The first-order chi connectivity index (χ1) is 10.2. The van der Waals surface area contributed by atoms with E-state index in [1.54, 1.807) is 18.4 Å². The standard InChI is InChI=1S/C16H11BrN2OS/c1-20-12-5-2-10(3-6-12)13-9-19-14-7-4-11(17)8-15(14)21-16(19)18-13/h2-9H,1H3. The molecule has 0 N–H and O–H groups in total. The van der Waals surface area contributed by atoms with E-state index >= 15 is 0 Å². The summed E-state index contributed by atoms with van der Waals surface area (Å²) in [6.45, 7) is 0. The third-order valence-corrected chi connectivity index (χ3v) is 4.95. The molecule has 2 heterocycles. The largest absolute Gasteiger partial charge is 0.497 e. The highest BCUT2D eigenvalue weighted by molar-refractivity contribution is 9.10. The van der Waals surface area contributed by atoms with Gasteiger partial charge in [0.2, 0.25) is 0 Å². The van der Waals surface area contributed by atoms with Gasteiger partial charge in [-0.15, -0.1) is 0 Å². The van der Waals surface area contributed by atoms with Crippen molar-refractivity contribution in [2.75, 3.05) is 7.11 Å². The third kappa shape index (κ3) is 2.13. The Morgan fingerprint density at radius 2 is 1.95 bits per heavy atom. The van der Waals surface area contributed by atoms with Crippen LogP contribution in [-0.4, -0.2) is 16.5 Å². The lowest BCUT2D eigenvalue weighted by Gasteiger charge is -2.00. The van der Waals surface area contributed by atoms with Crippen molar-refractivity contribution in [2.45, 2.75) is 0 Å². The fourth-order valence-electron chi connectivity index (χ4n) is 2.38. The van der Waals surface area contributed by atoms with Crippen molar-refractivity contribution in [3.05, 3.63) is 53.1 Å². The number of benzene rings is 2. The molecular weight excluding hydrogens is 348 g/mol. The van der Waals surface area contributed by atoms with Crippen LogP contribution in [-0.2, 0) is 0 Å². The summed E-state index contributed by atoms with van der Waals surface area (Å²) in [7, 11) is 1.67. The van der Waals surface area contributed by atoms with Crippen LogP contribution in [0.5, 0.6) is 5.75 Å². The molecular formula is C16H11BrN2OS. The Kier molecular flexibility index (Phi) is 2.97. The lowest BCUT2D eigenvalue weighted by atomic mass is 10.2. The van der Waals surface area contributed by atoms with Crippen LogP contribution in [0.15, 0.2) is 53.1 Å². The molecule has 0 saturated heterocycles. The maximum absolute atomic E-state index is 5.19. The quantitative estimate of drug-likeness (QED) is 0.504. The van der Waals surface area contributed by atoms with E-state index in [1.807, 2.05) is 24.3 Å². The predicted octanol–water partition coefficient (Wildman–Crippen LogP) is 4.99. The summed E-state index contributed by atoms with van der Waals surface area (Å²) >= 11 is 5.20. The molecule has 4 rings (SSSR count). The molecule has 0 unspecified atom stereocenters. The number of methoxy groups -OCH3 is 1. The Morgan fingerprint density at radius 3 is 2.71 bits per heavy atom. The number of ether oxygens (including phenoxy) is 1. The molecule has 0 aliphatic rings. The first kappa shape index (κ1) is 12.9. The molecule has 0 spiro atoms. The van der Waals surface area contributed by atoms with E-state index in [2.05, 4.69) is 44.7 Å². The van der Waals surface area contributed by atoms with Gasteiger partial charge >= 0.3 is 0 Å². The van der Waals surface area contributed by atoms with E-state index in [4.69, 9.17) is 9.72 Å². The van der Waals surface area contributed by atoms with Gasteiger partial charge in [-0.2, -0.15) is 0 Å². The molecule has 2 aromatic carbocycles. The molecule has 0 fully saturated rings. The second-order valence-electron chi connectivity index (χ2n) is 4.72. The maximum Gasteiger partial charge on any atom is 0.195 e. The van der Waals surface area contributed by atoms with Crippen molar-refractivity contribution >= 4 is 42.4 Å². The zero-order valence-corrected chi connectivity index (χ0v) is 13.6. The maximum atomic E-state index is 5.19. The number of hydrogen-bond acceptors (Lipinski definition) is 3. The molecule has 4 aromatic rings. The molecule has 0 radical (unpaired) electrons. The first-order valence-electron chi connectivity index (χ1n) is 6.46. The number of imidazole rings is 1. The second kappa shape index (κ2) is 4.86. The van der Waals surface area contributed by atoms with E-state index in [-0.39, 0.29) is 0 Å². The molecule has 5 heteroatoms. The van der Waals surface area contributed by atoms with Crippen LogP contribution < -0.4 is 4.74 Å². The Morgan fingerprint density at radius 1 is 1.14 bits per heavy atom. The Balaban J connectivity index is 1.86. The summed E-state index contributed by atoms with van der Waals surface area (Å²) in [5.41, 5.74) is 3.26. The third-order valence-electron chi connectivity index (χ3n) is 3.44. The molecule has 104 valence electrons. The number of fused-ring (bicyclic) bond motifs is 3. The molecule has 0 aliphatic carbocycles. The van der Waals surface area contributed by atoms with E-state index in [1.165, 1.54) is 10.2 Å². The van der Waals surface area contributed by atoms with E-state index in [9.17, 15) is 0 Å². The lowest BCUT2D eigenvalue weighted by molar-refractivity contribution is 0.415. The van der Waals surface area contributed by atoms with Gasteiger partial charge in [-0.3, -0.25) is 4.40 Å². The number of thiazole rings is 1. The average Bonchev–Trinajstić information content (AvgIpc) is 3.04. The zero-order valence-electron chi connectivity index (χ0n) is 11.2. The van der Waals surface area contributed by atoms with Gasteiger partial charge in [-0.05, 0) is 42.5 Å². The minimum absolute atomic E-state index is 0.857. The second-order valence-corrected chi connectivity index (χ2v) is 6.65. The highest BCUT2D eigenvalue weighted by Crippen LogP contribution is 2.31. The molecule has 0 aliphatic heterocycles. The highest BCUT2D eigenvalue weighted by Gasteiger charge is 2.10. The summed E-state index contributed by atoms with van der Waals surface area (Å²) in [5, 5.41) is 0. The van der Waals surface area contributed by atoms with Crippen LogP contribution >= 0.6 is 27.3 Å². The normalized spacial score (nSPS) is 11.3. The van der Waals surface area contributed by atoms with Crippen molar-refractivity contribution in [2.24, 2.45) is 0 Å². The number of aromatic nitrogens is 2. The average molecular weight is 359 g/mol. The van der Waals surface area contributed by atoms with Gasteiger partial charge in [0.1, 0.15) is 5.75 Å². The van der Waals surface area contributed by atoms with Gasteiger partial charge in [0.05, 0.1) is 23.0 Å². The van der Waals surface area contributed by atoms with Crippen molar-refractivity contribution in [3.63, 3.8) is 0 Å². The van der Waals surface area contributed by atoms with Gasteiger partial charge in [-0.25, -0.2) is 4.98 Å². The fourth-order valence-corrected chi connectivity index (χ4v) is 3.94. The van der Waals surface area contributed by atoms with Crippen LogP contribution in [0.4, 0.5) is 0 Å². The number of nitrogens with zero attached hydrogens (tertiary/aromatic N) is 2. The van der Waals surface area contributed by atoms with Crippen LogP contribution in [0.25, 0.3) is 26.4 Å². The molecule has 3 nitrogen and oxygen atoms in total. The van der Waals surface area contributed by atoms with E-state index in [0.717, 1.165) is 26.4 Å². The van der Waals surface area contributed by atoms with Gasteiger partial charge in [0.25, 0.3) is 0 Å². The topological polar surface area (TPSA) is 26.5 Å². The number of hydrogen-bond donors (Lipinski definition) is 0. The van der Waals surface area contributed by atoms with E-state index < -0.39 is 0 Å². The van der Waals surface area contributed by atoms with Crippen LogP contribution in [0.1, 0.15) is 0 Å².